The SMILES string of the molecule is CCC1=C(CC)c2cc3[n-]c(cc4nc(cc5[n-]c(cc1n2)c(CC)c5CC)C(CC)=C4CC)c(CC)c3CC.[CH-]1CCCO1.[CH-]1CCCO1.[Cr+2]. The Balaban J connectivity index is 0.000000455. The zero-order valence-corrected chi connectivity index (χ0v) is 33.7. The molecule has 274 valence electrons. The van der Waals surface area contributed by atoms with Crippen LogP contribution < -0.4 is 9.97 Å². The van der Waals surface area contributed by atoms with Crippen LogP contribution in [-0.4, -0.2) is 23.2 Å². The third kappa shape index (κ3) is 8.99. The first-order valence-corrected chi connectivity index (χ1v) is 19.4. The first-order valence-electron chi connectivity index (χ1n) is 19.4. The smallest absolute Gasteiger partial charge is 0.657 e. The second-order valence-electron chi connectivity index (χ2n) is 13.1. The normalized spacial score (nSPS) is 15.4. The maximum Gasteiger partial charge on any atom is 2.00 e. The van der Waals surface area contributed by atoms with Crippen molar-refractivity contribution in [3.63, 3.8) is 0 Å². The molecule has 7 heteroatoms. The van der Waals surface area contributed by atoms with Gasteiger partial charge in [0.1, 0.15) is 0 Å². The zero-order chi connectivity index (χ0) is 35.6. The van der Waals surface area contributed by atoms with E-state index in [9.17, 15) is 0 Å². The Hall–Kier alpha value is -2.95. The van der Waals surface area contributed by atoms with Gasteiger partial charge in [-0.3, -0.25) is 0 Å². The second kappa shape index (κ2) is 19.8. The van der Waals surface area contributed by atoms with Crippen LogP contribution in [0.25, 0.3) is 44.4 Å². The average molecular weight is 727 g/mol. The molecule has 0 aliphatic carbocycles. The molecule has 0 spiro atoms. The third-order valence-electron chi connectivity index (χ3n) is 10.2. The summed E-state index contributed by atoms with van der Waals surface area (Å²) in [6.07, 6.45) is 12.3. The van der Waals surface area contributed by atoms with Crippen molar-refractivity contribution in [1.82, 2.24) is 19.9 Å². The summed E-state index contributed by atoms with van der Waals surface area (Å²) in [5, 5.41) is 0. The van der Waals surface area contributed by atoms with E-state index in [0.29, 0.717) is 0 Å². The van der Waals surface area contributed by atoms with E-state index in [1.165, 1.54) is 57.4 Å². The molecule has 6 nitrogen and oxygen atoms in total. The zero-order valence-electron chi connectivity index (χ0n) is 32.4. The molecule has 8 bridgehead atoms. The number of nitrogens with zero attached hydrogens (tertiary/aromatic N) is 4. The van der Waals surface area contributed by atoms with E-state index in [2.05, 4.69) is 79.7 Å². The van der Waals surface area contributed by atoms with Crippen LogP contribution in [-0.2, 0) is 52.5 Å². The molecule has 51 heavy (non-hydrogen) atoms. The fraction of sp³-hybridized carbons (Fsp3) is 0.500. The topological polar surface area (TPSA) is 72.4 Å². The Morgan fingerprint density at radius 3 is 0.902 bits per heavy atom. The Labute approximate surface area is 318 Å². The quantitative estimate of drug-likeness (QED) is 0.215. The predicted molar refractivity (Wildman–Crippen MR) is 210 cm³/mol. The molecule has 4 aliphatic heterocycles. The number of ether oxygens (including phenoxy) is 2. The van der Waals surface area contributed by atoms with Crippen molar-refractivity contribution >= 4 is 44.4 Å². The van der Waals surface area contributed by atoms with E-state index in [1.54, 1.807) is 0 Å². The van der Waals surface area contributed by atoms with Crippen molar-refractivity contribution < 1.29 is 26.8 Å². The van der Waals surface area contributed by atoms with Gasteiger partial charge in [-0.25, -0.2) is 23.2 Å². The minimum Gasteiger partial charge on any atom is -0.657 e. The van der Waals surface area contributed by atoms with E-state index in [-0.39, 0.29) is 17.4 Å². The fourth-order valence-electron chi connectivity index (χ4n) is 7.76. The summed E-state index contributed by atoms with van der Waals surface area (Å²) in [6.45, 7) is 23.5. The van der Waals surface area contributed by atoms with Gasteiger partial charge >= 0.3 is 17.4 Å². The molecule has 0 N–H and O–H groups in total. The molecule has 0 amide bonds. The minimum absolute atomic E-state index is 0. The van der Waals surface area contributed by atoms with Crippen LogP contribution in [0.15, 0.2) is 24.3 Å². The van der Waals surface area contributed by atoms with E-state index in [0.717, 1.165) is 122 Å². The number of allylic oxidation sites excluding steroid dienone is 4. The molecule has 3 aromatic rings. The number of hydrogen-bond donors (Lipinski definition) is 0. The molecule has 3 aromatic heterocycles. The summed E-state index contributed by atoms with van der Waals surface area (Å²) >= 11 is 0. The van der Waals surface area contributed by atoms with Crippen molar-refractivity contribution in [1.29, 1.82) is 0 Å². The van der Waals surface area contributed by atoms with Gasteiger partial charge in [-0.15, -0.1) is 22.1 Å². The first-order chi connectivity index (χ1) is 24.5. The van der Waals surface area contributed by atoms with Gasteiger partial charge in [0.25, 0.3) is 0 Å². The number of fused-ring (bicyclic) bond motifs is 8. The molecule has 4 aliphatic rings. The molecule has 0 unspecified atom stereocenters. The maximum atomic E-state index is 5.25. The van der Waals surface area contributed by atoms with Gasteiger partial charge in [0.15, 0.2) is 0 Å². The van der Waals surface area contributed by atoms with E-state index in [1.807, 2.05) is 13.2 Å². The molecular formula is C44H58CrN4O2-2. The molecule has 0 radical (unpaired) electrons. The molecule has 2 fully saturated rings. The molecule has 2 saturated heterocycles. The minimum atomic E-state index is 0. The van der Waals surface area contributed by atoms with Gasteiger partial charge in [0.2, 0.25) is 0 Å². The average Bonchev–Trinajstić information content (AvgIpc) is 3.99. The van der Waals surface area contributed by atoms with Crippen molar-refractivity contribution in [3.05, 3.63) is 82.5 Å². The molecule has 0 aromatic carbocycles. The number of hydrogen-bond acceptors (Lipinski definition) is 4. The molecular weight excluding hydrogens is 669 g/mol. The second-order valence-corrected chi connectivity index (χ2v) is 13.1. The van der Waals surface area contributed by atoms with Gasteiger partial charge in [0.05, 0.1) is 22.8 Å². The van der Waals surface area contributed by atoms with Crippen molar-refractivity contribution in [2.24, 2.45) is 0 Å². The predicted octanol–water partition coefficient (Wildman–Crippen LogP) is 11.2. The van der Waals surface area contributed by atoms with E-state index >= 15 is 0 Å². The molecule has 0 atom stereocenters. The first kappa shape index (κ1) is 40.8. The van der Waals surface area contributed by atoms with Crippen LogP contribution in [0, 0.1) is 13.2 Å². The number of rotatable bonds is 8. The van der Waals surface area contributed by atoms with Crippen LogP contribution in [0.5, 0.6) is 0 Å². The summed E-state index contributed by atoms with van der Waals surface area (Å²) in [4.78, 5) is 21.0. The Bertz CT molecular complexity index is 1590. The largest absolute Gasteiger partial charge is 2.00 e. The van der Waals surface area contributed by atoms with Gasteiger partial charge in [-0.2, -0.15) is 12.8 Å². The number of aryl methyl sites for hydroxylation is 4. The molecule has 7 heterocycles. The van der Waals surface area contributed by atoms with Crippen LogP contribution >= 0.6 is 0 Å². The van der Waals surface area contributed by atoms with Gasteiger partial charge < -0.3 is 19.4 Å². The fourth-order valence-corrected chi connectivity index (χ4v) is 7.76. The number of aromatic nitrogens is 4. The van der Waals surface area contributed by atoms with Crippen LogP contribution in [0.1, 0.15) is 152 Å². The summed E-state index contributed by atoms with van der Waals surface area (Å²) in [6, 6.07) is 8.98. The third-order valence-corrected chi connectivity index (χ3v) is 10.2. The van der Waals surface area contributed by atoms with E-state index < -0.39 is 0 Å². The Morgan fingerprint density at radius 2 is 0.745 bits per heavy atom. The Morgan fingerprint density at radius 1 is 0.471 bits per heavy atom. The van der Waals surface area contributed by atoms with E-state index in [4.69, 9.17) is 29.4 Å². The summed E-state index contributed by atoms with van der Waals surface area (Å²) in [7, 11) is 0. The standard InChI is InChI=1S/C36H44N4.2C4H7O.Cr/c1-9-21-22(10-2)30-18-32-25(13-5)26(14-6)34(39-32)20-36-28(16-8)27(15-7)35(40-36)19-33-24(12-4)23(11-3)31(38-33)17-29(21)37-30;2*1-2-4-5-3-1;/h17-20H,9-16H2,1-8H3;2*3H,1-2,4H2;/q-2;2*-1;+2. The van der Waals surface area contributed by atoms with Crippen LogP contribution in [0.2, 0.25) is 0 Å². The van der Waals surface area contributed by atoms with Crippen LogP contribution in [0.3, 0.4) is 0 Å². The van der Waals surface area contributed by atoms with Gasteiger partial charge in [-0.05, 0) is 73.7 Å². The monoisotopic (exact) mass is 726 g/mol. The molecule has 0 saturated carbocycles. The summed E-state index contributed by atoms with van der Waals surface area (Å²) in [5.41, 5.74) is 19.1. The van der Waals surface area contributed by atoms with Crippen molar-refractivity contribution in [2.75, 3.05) is 13.2 Å². The van der Waals surface area contributed by atoms with Crippen molar-refractivity contribution in [2.45, 2.75) is 132 Å². The summed E-state index contributed by atoms with van der Waals surface area (Å²) in [5.74, 6) is 0. The van der Waals surface area contributed by atoms with Crippen molar-refractivity contribution in [3.8, 4) is 0 Å². The molecule has 7 rings (SSSR count). The maximum absolute atomic E-state index is 5.25. The van der Waals surface area contributed by atoms with Gasteiger partial charge in [0, 0.05) is 13.2 Å². The summed E-state index contributed by atoms with van der Waals surface area (Å²) < 4.78 is 9.64. The Kier molecular flexibility index (Phi) is 15.8. The van der Waals surface area contributed by atoms with Gasteiger partial charge in [-0.1, -0.05) is 115 Å². The van der Waals surface area contributed by atoms with Crippen LogP contribution in [0.4, 0.5) is 0 Å².